The molecule has 7 nitrogen and oxygen atoms in total. The molecule has 3 rings (SSSR count). The van der Waals surface area contributed by atoms with Crippen LogP contribution in [0, 0.1) is 0 Å². The first kappa shape index (κ1) is 19.3. The molecular weight excluding hydrogens is 394 g/mol. The average Bonchev–Trinajstić information content (AvgIpc) is 2.61. The quantitative estimate of drug-likeness (QED) is 0.828. The molecule has 0 aromatic heterocycles. The Morgan fingerprint density at radius 2 is 2.00 bits per heavy atom. The third kappa shape index (κ3) is 3.81. The molecule has 0 bridgehead atoms. The fourth-order valence-electron chi connectivity index (χ4n) is 2.85. The molecule has 0 aliphatic carbocycles. The van der Waals surface area contributed by atoms with Gasteiger partial charge in [0.1, 0.15) is 16.4 Å². The van der Waals surface area contributed by atoms with Gasteiger partial charge in [-0.1, -0.05) is 11.6 Å². The van der Waals surface area contributed by atoms with Crippen LogP contribution in [0.2, 0.25) is 5.02 Å². The Labute approximate surface area is 162 Å². The van der Waals surface area contributed by atoms with Gasteiger partial charge in [0.15, 0.2) is 0 Å². The number of rotatable bonds is 4. The molecule has 1 aliphatic heterocycles. The number of aromatic carboxylic acids is 1. The minimum Gasteiger partial charge on any atom is -0.495 e. The fraction of sp³-hybridized carbons (Fsp3) is 0.278. The number of anilines is 1. The van der Waals surface area contributed by atoms with E-state index in [-0.39, 0.29) is 33.5 Å². The van der Waals surface area contributed by atoms with Crippen LogP contribution in [0.25, 0.3) is 0 Å². The summed E-state index contributed by atoms with van der Waals surface area (Å²) in [6, 6.07) is 8.49. The van der Waals surface area contributed by atoms with Gasteiger partial charge in [0.25, 0.3) is 10.0 Å². The van der Waals surface area contributed by atoms with E-state index in [1.54, 1.807) is 0 Å². The first-order chi connectivity index (χ1) is 12.8. The van der Waals surface area contributed by atoms with E-state index in [4.69, 9.17) is 21.1 Å². The maximum absolute atomic E-state index is 13.4. The van der Waals surface area contributed by atoms with Crippen molar-refractivity contribution in [2.75, 3.05) is 24.6 Å². The number of carboxylic acids is 1. The molecule has 1 N–H and O–H groups in total. The standard InChI is InChI=1S/C18H18ClNO6S/c1-25-16-7-5-13(19)11-17(16)27(23,24)20-8-2-3-9-26-15-6-4-12(18(21)22)10-14(15)20/h4-7,10-11H,2-3,8-9H2,1H3,(H,21,22). The first-order valence-corrected chi connectivity index (χ1v) is 10.0. The number of benzene rings is 2. The summed E-state index contributed by atoms with van der Waals surface area (Å²) in [5, 5.41) is 9.54. The van der Waals surface area contributed by atoms with Gasteiger partial charge in [-0.3, -0.25) is 4.31 Å². The van der Waals surface area contributed by atoms with E-state index in [0.29, 0.717) is 25.2 Å². The molecule has 144 valence electrons. The molecule has 0 spiro atoms. The lowest BCUT2D eigenvalue weighted by Crippen LogP contribution is -2.34. The maximum atomic E-state index is 13.4. The van der Waals surface area contributed by atoms with Crippen molar-refractivity contribution in [1.82, 2.24) is 0 Å². The van der Waals surface area contributed by atoms with Gasteiger partial charge in [-0.2, -0.15) is 0 Å². The molecule has 27 heavy (non-hydrogen) atoms. The van der Waals surface area contributed by atoms with Crippen molar-refractivity contribution in [2.24, 2.45) is 0 Å². The van der Waals surface area contributed by atoms with Gasteiger partial charge >= 0.3 is 5.97 Å². The normalized spacial score (nSPS) is 14.5. The topological polar surface area (TPSA) is 93.1 Å². The number of carbonyl (C=O) groups is 1. The highest BCUT2D eigenvalue weighted by atomic mass is 35.5. The van der Waals surface area contributed by atoms with E-state index >= 15 is 0 Å². The van der Waals surface area contributed by atoms with Crippen LogP contribution in [0.5, 0.6) is 11.5 Å². The van der Waals surface area contributed by atoms with Crippen molar-refractivity contribution in [3.8, 4) is 11.5 Å². The Hall–Kier alpha value is -2.45. The van der Waals surface area contributed by atoms with Gasteiger partial charge in [0, 0.05) is 11.6 Å². The Kier molecular flexibility index (Phi) is 5.48. The van der Waals surface area contributed by atoms with Gasteiger partial charge in [0.2, 0.25) is 0 Å². The largest absolute Gasteiger partial charge is 0.495 e. The summed E-state index contributed by atoms with van der Waals surface area (Å²) in [6.45, 7) is 0.602. The van der Waals surface area contributed by atoms with Gasteiger partial charge in [-0.15, -0.1) is 0 Å². The van der Waals surface area contributed by atoms with Crippen LogP contribution in [0.3, 0.4) is 0 Å². The maximum Gasteiger partial charge on any atom is 0.335 e. The van der Waals surface area contributed by atoms with Gasteiger partial charge in [0.05, 0.1) is 25.0 Å². The minimum atomic E-state index is -4.07. The molecule has 0 radical (unpaired) electrons. The molecule has 1 heterocycles. The second kappa shape index (κ2) is 7.66. The lowest BCUT2D eigenvalue weighted by atomic mass is 10.1. The summed E-state index contributed by atoms with van der Waals surface area (Å²) in [7, 11) is -2.70. The Bertz CT molecular complexity index is 976. The lowest BCUT2D eigenvalue weighted by molar-refractivity contribution is 0.0697. The summed E-state index contributed by atoms with van der Waals surface area (Å²) < 4.78 is 38.8. The smallest absolute Gasteiger partial charge is 0.335 e. The van der Waals surface area contributed by atoms with E-state index < -0.39 is 16.0 Å². The van der Waals surface area contributed by atoms with Crippen LogP contribution < -0.4 is 13.8 Å². The van der Waals surface area contributed by atoms with Crippen molar-refractivity contribution in [3.05, 3.63) is 47.0 Å². The zero-order valence-electron chi connectivity index (χ0n) is 14.5. The SMILES string of the molecule is COc1ccc(Cl)cc1S(=O)(=O)N1CCCCOc2ccc(C(=O)O)cc21. The molecule has 1 aliphatic rings. The van der Waals surface area contributed by atoms with Crippen LogP contribution in [-0.2, 0) is 10.0 Å². The molecule has 0 saturated carbocycles. The number of fused-ring (bicyclic) bond motifs is 1. The molecule has 0 atom stereocenters. The molecule has 2 aromatic carbocycles. The van der Waals surface area contributed by atoms with E-state index in [2.05, 4.69) is 0 Å². The van der Waals surface area contributed by atoms with Crippen molar-refractivity contribution in [1.29, 1.82) is 0 Å². The van der Waals surface area contributed by atoms with Crippen LogP contribution in [-0.4, -0.2) is 39.8 Å². The van der Waals surface area contributed by atoms with E-state index in [1.165, 1.54) is 43.5 Å². The van der Waals surface area contributed by atoms with Crippen molar-refractivity contribution >= 4 is 33.3 Å². The molecule has 0 saturated heterocycles. The van der Waals surface area contributed by atoms with Gasteiger partial charge < -0.3 is 14.6 Å². The van der Waals surface area contributed by atoms with Crippen LogP contribution >= 0.6 is 11.6 Å². The zero-order chi connectivity index (χ0) is 19.6. The number of hydrogen-bond acceptors (Lipinski definition) is 5. The second-order valence-electron chi connectivity index (χ2n) is 5.92. The van der Waals surface area contributed by atoms with Crippen molar-refractivity contribution in [3.63, 3.8) is 0 Å². The summed E-state index contributed by atoms with van der Waals surface area (Å²) >= 11 is 6.00. The lowest BCUT2D eigenvalue weighted by Gasteiger charge is -2.29. The first-order valence-electron chi connectivity index (χ1n) is 8.21. The number of sulfonamides is 1. The number of carboxylic acid groups (broad SMARTS) is 1. The Balaban J connectivity index is 2.20. The molecule has 0 amide bonds. The highest BCUT2D eigenvalue weighted by Gasteiger charge is 2.31. The van der Waals surface area contributed by atoms with Crippen LogP contribution in [0.4, 0.5) is 5.69 Å². The molecule has 2 aromatic rings. The second-order valence-corrected chi connectivity index (χ2v) is 8.18. The van der Waals surface area contributed by atoms with Gasteiger partial charge in [-0.25, -0.2) is 13.2 Å². The highest BCUT2D eigenvalue weighted by Crippen LogP contribution is 2.38. The van der Waals surface area contributed by atoms with Crippen molar-refractivity contribution in [2.45, 2.75) is 17.7 Å². The summed E-state index contributed by atoms with van der Waals surface area (Å²) in [5.74, 6) is -0.694. The monoisotopic (exact) mass is 411 g/mol. The fourth-order valence-corrected chi connectivity index (χ4v) is 4.77. The van der Waals surface area contributed by atoms with E-state index in [1.807, 2.05) is 0 Å². The highest BCUT2D eigenvalue weighted by molar-refractivity contribution is 7.93. The van der Waals surface area contributed by atoms with E-state index in [9.17, 15) is 18.3 Å². The summed E-state index contributed by atoms with van der Waals surface area (Å²) in [4.78, 5) is 11.3. The third-order valence-corrected chi connectivity index (χ3v) is 6.25. The molecule has 0 unspecified atom stereocenters. The molecular formula is C18H18ClNO6S. The van der Waals surface area contributed by atoms with Gasteiger partial charge in [-0.05, 0) is 49.2 Å². The molecule has 9 heteroatoms. The molecule has 0 fully saturated rings. The number of ether oxygens (including phenoxy) is 2. The van der Waals surface area contributed by atoms with E-state index in [0.717, 1.165) is 4.31 Å². The predicted octanol–water partition coefficient (Wildman–Crippen LogP) is 3.41. The third-order valence-electron chi connectivity index (χ3n) is 4.18. The van der Waals surface area contributed by atoms with Crippen LogP contribution in [0.1, 0.15) is 23.2 Å². The Morgan fingerprint density at radius 1 is 1.22 bits per heavy atom. The number of nitrogens with zero attached hydrogens (tertiary/aromatic N) is 1. The number of halogens is 1. The zero-order valence-corrected chi connectivity index (χ0v) is 16.1. The summed E-state index contributed by atoms with van der Waals surface area (Å²) in [5.41, 5.74) is 0.146. The van der Waals surface area contributed by atoms with Crippen molar-refractivity contribution < 1.29 is 27.8 Å². The predicted molar refractivity (Wildman–Crippen MR) is 101 cm³/mol. The van der Waals surface area contributed by atoms with Crippen LogP contribution in [0.15, 0.2) is 41.3 Å². The number of hydrogen-bond donors (Lipinski definition) is 1. The summed E-state index contributed by atoms with van der Waals surface area (Å²) in [6.07, 6.45) is 1.22. The minimum absolute atomic E-state index is 0.0313. The number of methoxy groups -OCH3 is 1. The Morgan fingerprint density at radius 3 is 2.70 bits per heavy atom. The average molecular weight is 412 g/mol.